The summed E-state index contributed by atoms with van der Waals surface area (Å²) in [5.41, 5.74) is -1.49. The first-order chi connectivity index (χ1) is 19.3. The van der Waals surface area contributed by atoms with E-state index >= 15 is 4.39 Å². The summed E-state index contributed by atoms with van der Waals surface area (Å²) in [7, 11) is 7.82. The van der Waals surface area contributed by atoms with Crippen molar-refractivity contribution in [2.45, 2.75) is 50.7 Å². The number of piperidine rings is 1. The smallest absolute Gasteiger partial charge is 0.412 e. The summed E-state index contributed by atoms with van der Waals surface area (Å²) in [6, 6.07) is 0. The third-order valence-corrected chi connectivity index (χ3v) is 7.42. The highest BCUT2D eigenvalue weighted by Crippen LogP contribution is 2.39. The van der Waals surface area contributed by atoms with Gasteiger partial charge in [-0.2, -0.15) is 13.2 Å². The lowest BCUT2D eigenvalue weighted by atomic mass is 9.84. The van der Waals surface area contributed by atoms with Gasteiger partial charge in [-0.05, 0) is 63.0 Å². The summed E-state index contributed by atoms with van der Waals surface area (Å²) in [6.45, 7) is 2.06. The van der Waals surface area contributed by atoms with Gasteiger partial charge in [-0.15, -0.1) is 0 Å². The van der Waals surface area contributed by atoms with Crippen molar-refractivity contribution >= 4 is 30.9 Å². The molecule has 1 saturated heterocycles. The Hall–Kier alpha value is -3.10. The molecule has 2 aliphatic carbocycles. The number of imide groups is 1. The van der Waals surface area contributed by atoms with Gasteiger partial charge in [-0.1, -0.05) is 19.1 Å². The number of allylic oxidation sites excluding steroid dienone is 6. The maximum atomic E-state index is 15.4. The van der Waals surface area contributed by atoms with E-state index in [1.54, 1.807) is 6.92 Å². The number of likely N-dealkylation sites (tertiary alicyclic amines) is 1. The Labute approximate surface area is 234 Å². The van der Waals surface area contributed by atoms with Crippen molar-refractivity contribution in [2.24, 2.45) is 11.8 Å². The summed E-state index contributed by atoms with van der Waals surface area (Å²) < 4.78 is 80.2. The van der Waals surface area contributed by atoms with Crippen LogP contribution in [0.25, 0.3) is 5.57 Å². The molecule has 41 heavy (non-hydrogen) atoms. The first-order valence-corrected chi connectivity index (χ1v) is 13.1. The molecule has 3 aliphatic rings. The van der Waals surface area contributed by atoms with Crippen molar-refractivity contribution in [2.75, 3.05) is 26.7 Å². The number of nitrogens with zero attached hydrogens (tertiary/aromatic N) is 2. The molecule has 14 heteroatoms. The summed E-state index contributed by atoms with van der Waals surface area (Å²) in [5.74, 6) is -4.42. The van der Waals surface area contributed by atoms with Gasteiger partial charge in [0.05, 0.1) is 23.5 Å². The highest BCUT2D eigenvalue weighted by molar-refractivity contribution is 6.31. The maximum absolute atomic E-state index is 15.4. The average molecular weight is 581 g/mol. The lowest BCUT2D eigenvalue weighted by Crippen LogP contribution is -2.44. The lowest BCUT2D eigenvalue weighted by Gasteiger charge is -2.29. The molecular formula is C27H29BF5N3O5. The Morgan fingerprint density at radius 3 is 2.59 bits per heavy atom. The van der Waals surface area contributed by atoms with Crippen LogP contribution in [0.1, 0.15) is 43.9 Å². The van der Waals surface area contributed by atoms with Crippen LogP contribution >= 0.6 is 0 Å². The van der Waals surface area contributed by atoms with Crippen LogP contribution in [0.15, 0.2) is 45.7 Å². The van der Waals surface area contributed by atoms with Crippen molar-refractivity contribution in [3.05, 3.63) is 52.9 Å². The van der Waals surface area contributed by atoms with Gasteiger partial charge in [0.2, 0.25) is 11.8 Å². The Morgan fingerprint density at radius 1 is 1.29 bits per heavy atom. The van der Waals surface area contributed by atoms with Crippen molar-refractivity contribution in [3.8, 4) is 0 Å². The zero-order chi connectivity index (χ0) is 30.1. The van der Waals surface area contributed by atoms with E-state index in [0.29, 0.717) is 31.5 Å². The molecule has 2 amide bonds. The van der Waals surface area contributed by atoms with Crippen LogP contribution in [0.3, 0.4) is 0 Å². The fraction of sp³-hybridized carbons (Fsp3) is 0.519. The molecule has 4 rings (SSSR count). The van der Waals surface area contributed by atoms with Crippen LogP contribution in [0, 0.1) is 11.8 Å². The van der Waals surface area contributed by atoms with Gasteiger partial charge in [0.1, 0.15) is 11.9 Å². The molecule has 4 unspecified atom stereocenters. The third-order valence-electron chi connectivity index (χ3n) is 7.42. The van der Waals surface area contributed by atoms with E-state index in [4.69, 9.17) is 17.0 Å². The number of aromatic nitrogens is 1. The Kier molecular flexibility index (Phi) is 9.34. The van der Waals surface area contributed by atoms with E-state index in [-0.39, 0.29) is 23.7 Å². The van der Waals surface area contributed by atoms with E-state index in [9.17, 15) is 32.3 Å². The topological polar surface area (TPSA) is 105 Å². The zero-order valence-corrected chi connectivity index (χ0v) is 22.4. The molecule has 1 fully saturated rings. The van der Waals surface area contributed by atoms with E-state index in [0.717, 1.165) is 18.2 Å². The minimum absolute atomic E-state index is 0.0430. The predicted octanol–water partition coefficient (Wildman–Crippen LogP) is 2.92. The number of rotatable bonds is 7. The van der Waals surface area contributed by atoms with E-state index in [2.05, 4.69) is 10.3 Å². The Bertz CT molecular complexity index is 1300. The van der Waals surface area contributed by atoms with E-state index in [1.807, 2.05) is 11.9 Å². The number of halogens is 5. The second kappa shape index (κ2) is 12.4. The number of ether oxygens (including phenoxy) is 1. The summed E-state index contributed by atoms with van der Waals surface area (Å²) in [4.78, 5) is 31.4. The standard InChI is InChI=1S/C27H29BF5N3O5/c1-13-11-15(27(31,32)33)3-4-16(13)22-23(28)41-26(34-22)19(12-37)40-18-6-5-17(29)20(21(18)30)25(39)35-24(38)14-7-9-36(2)10-8-14/h3-6,13-14,18-19,21,37H,7-12H2,1-2H3,(H,35,38,39). The number of amides is 2. The minimum Gasteiger partial charge on any atom is -0.454 e. The summed E-state index contributed by atoms with van der Waals surface area (Å²) in [5, 5.41) is 12.0. The van der Waals surface area contributed by atoms with Crippen molar-refractivity contribution < 1.29 is 45.8 Å². The van der Waals surface area contributed by atoms with Crippen molar-refractivity contribution in [1.82, 2.24) is 15.2 Å². The van der Waals surface area contributed by atoms with E-state index in [1.165, 1.54) is 6.08 Å². The van der Waals surface area contributed by atoms with Crippen LogP contribution < -0.4 is 11.0 Å². The van der Waals surface area contributed by atoms with Gasteiger partial charge in [0, 0.05) is 11.5 Å². The number of oxazole rings is 1. The molecule has 2 N–H and O–H groups in total. The average Bonchev–Trinajstić information content (AvgIpc) is 3.29. The molecule has 0 saturated carbocycles. The van der Waals surface area contributed by atoms with Crippen LogP contribution in [0.4, 0.5) is 22.0 Å². The fourth-order valence-corrected chi connectivity index (χ4v) is 5.01. The SMILES string of the molecule is [B]c1oc(C(CO)OC2C=CC(F)=C(C(=O)NC(=O)C3CCN(C)CC3)C2F)nc1C1=CC=C(C(F)(F)F)CC1C. The number of carbonyl (C=O) groups excluding carboxylic acids is 2. The molecule has 8 nitrogen and oxygen atoms in total. The molecule has 220 valence electrons. The third kappa shape index (κ3) is 6.87. The highest BCUT2D eigenvalue weighted by Gasteiger charge is 2.39. The Morgan fingerprint density at radius 2 is 1.98 bits per heavy atom. The number of hydrogen-bond donors (Lipinski definition) is 2. The summed E-state index contributed by atoms with van der Waals surface area (Å²) in [6.07, 6.45) is -5.17. The van der Waals surface area contributed by atoms with Crippen molar-refractivity contribution in [1.29, 1.82) is 0 Å². The van der Waals surface area contributed by atoms with Gasteiger partial charge in [-0.25, -0.2) is 13.8 Å². The summed E-state index contributed by atoms with van der Waals surface area (Å²) >= 11 is 0. The molecule has 2 heterocycles. The molecule has 1 aliphatic heterocycles. The molecule has 1 aromatic rings. The second-order valence-electron chi connectivity index (χ2n) is 10.4. The van der Waals surface area contributed by atoms with Gasteiger partial charge in [0.25, 0.3) is 5.91 Å². The monoisotopic (exact) mass is 581 g/mol. The van der Waals surface area contributed by atoms with Crippen LogP contribution in [0.2, 0.25) is 0 Å². The molecule has 0 bridgehead atoms. The normalized spacial score (nSPS) is 25.1. The largest absolute Gasteiger partial charge is 0.454 e. The molecule has 1 aromatic heterocycles. The van der Waals surface area contributed by atoms with Crippen LogP contribution in [-0.2, 0) is 14.3 Å². The molecule has 4 atom stereocenters. The quantitative estimate of drug-likeness (QED) is 0.290. The number of carbonyl (C=O) groups is 2. The number of alkyl halides is 4. The molecule has 2 radical (unpaired) electrons. The lowest BCUT2D eigenvalue weighted by molar-refractivity contribution is -0.132. The zero-order valence-electron chi connectivity index (χ0n) is 22.4. The van der Waals surface area contributed by atoms with E-state index < -0.39 is 71.8 Å². The second-order valence-corrected chi connectivity index (χ2v) is 10.4. The van der Waals surface area contributed by atoms with Gasteiger partial charge in [-0.3, -0.25) is 14.9 Å². The first kappa shape index (κ1) is 30.9. The van der Waals surface area contributed by atoms with Gasteiger partial charge < -0.3 is 19.2 Å². The number of nitrogens with one attached hydrogen (secondary N) is 1. The van der Waals surface area contributed by atoms with Crippen LogP contribution in [0.5, 0.6) is 0 Å². The fourth-order valence-electron chi connectivity index (χ4n) is 5.01. The number of aliphatic hydroxyl groups excluding tert-OH is 1. The van der Waals surface area contributed by atoms with Gasteiger partial charge in [0.15, 0.2) is 20.1 Å². The number of aliphatic hydroxyl groups is 1. The van der Waals surface area contributed by atoms with Crippen LogP contribution in [-0.4, -0.2) is 79.8 Å². The number of hydrogen-bond acceptors (Lipinski definition) is 7. The molecular weight excluding hydrogens is 552 g/mol. The first-order valence-electron chi connectivity index (χ1n) is 13.1. The van der Waals surface area contributed by atoms with Gasteiger partial charge >= 0.3 is 6.18 Å². The molecule has 0 aromatic carbocycles. The maximum Gasteiger partial charge on any atom is 0.412 e. The highest BCUT2D eigenvalue weighted by atomic mass is 19.4. The molecule has 0 spiro atoms. The predicted molar refractivity (Wildman–Crippen MR) is 138 cm³/mol. The Balaban J connectivity index is 1.47. The minimum atomic E-state index is -4.48. The van der Waals surface area contributed by atoms with Crippen molar-refractivity contribution in [3.63, 3.8) is 0 Å².